The molecule has 0 aliphatic rings. The number of hydrogen-bond acceptors (Lipinski definition) is 3. The molecule has 0 aliphatic heterocycles. The second-order valence-electron chi connectivity index (χ2n) is 6.95. The molecule has 5 nitrogen and oxygen atoms in total. The molecule has 5 rings (SSSR count). The van der Waals surface area contributed by atoms with E-state index < -0.39 is 6.10 Å². The molecule has 2 aromatic heterocycles. The third kappa shape index (κ3) is 2.68. The van der Waals surface area contributed by atoms with Gasteiger partial charge in [-0.3, -0.25) is 0 Å². The first-order valence-electron chi connectivity index (χ1n) is 9.31. The van der Waals surface area contributed by atoms with Crippen molar-refractivity contribution in [3.05, 3.63) is 96.1 Å². The fourth-order valence-corrected chi connectivity index (χ4v) is 3.76. The number of benzene rings is 3. The van der Waals surface area contributed by atoms with Gasteiger partial charge in [0.25, 0.3) is 0 Å². The molecule has 0 saturated carbocycles. The van der Waals surface area contributed by atoms with Crippen LogP contribution in [-0.4, -0.2) is 24.2 Å². The molecule has 3 aromatic carbocycles. The van der Waals surface area contributed by atoms with Crippen LogP contribution in [0.3, 0.4) is 0 Å². The van der Waals surface area contributed by atoms with E-state index in [9.17, 15) is 5.11 Å². The molecule has 138 valence electrons. The monoisotopic (exact) mass is 368 g/mol. The number of imidazole rings is 2. The van der Waals surface area contributed by atoms with E-state index in [4.69, 9.17) is 4.98 Å². The molecule has 0 aliphatic carbocycles. The van der Waals surface area contributed by atoms with E-state index in [0.717, 1.165) is 27.6 Å². The first-order chi connectivity index (χ1) is 13.7. The Kier molecular flexibility index (Phi) is 3.95. The van der Waals surface area contributed by atoms with E-state index in [-0.39, 0.29) is 0 Å². The van der Waals surface area contributed by atoms with Crippen LogP contribution in [0, 0.1) is 0 Å². The van der Waals surface area contributed by atoms with Gasteiger partial charge in [0.2, 0.25) is 0 Å². The maximum Gasteiger partial charge on any atom is 0.169 e. The topological polar surface area (TPSA) is 55.9 Å². The van der Waals surface area contributed by atoms with E-state index in [1.54, 1.807) is 0 Å². The highest BCUT2D eigenvalue weighted by atomic mass is 16.3. The number of para-hydroxylation sites is 4. The normalized spacial score (nSPS) is 12.6. The molecule has 0 fully saturated rings. The van der Waals surface area contributed by atoms with Crippen molar-refractivity contribution in [3.63, 3.8) is 0 Å². The van der Waals surface area contributed by atoms with Gasteiger partial charge in [-0.25, -0.2) is 9.97 Å². The van der Waals surface area contributed by atoms with Gasteiger partial charge in [0.1, 0.15) is 11.6 Å². The van der Waals surface area contributed by atoms with Crippen molar-refractivity contribution in [1.29, 1.82) is 0 Å². The molecule has 5 aromatic rings. The van der Waals surface area contributed by atoms with Crippen LogP contribution < -0.4 is 0 Å². The van der Waals surface area contributed by atoms with E-state index in [1.165, 1.54) is 0 Å². The van der Waals surface area contributed by atoms with Gasteiger partial charge < -0.3 is 14.2 Å². The Balaban J connectivity index is 1.67. The highest BCUT2D eigenvalue weighted by Gasteiger charge is 2.24. The second kappa shape index (κ2) is 6.62. The van der Waals surface area contributed by atoms with Gasteiger partial charge in [-0.05, 0) is 29.8 Å². The summed E-state index contributed by atoms with van der Waals surface area (Å²) >= 11 is 0. The average Bonchev–Trinajstić information content (AvgIpc) is 3.27. The van der Waals surface area contributed by atoms with Crippen molar-refractivity contribution in [3.8, 4) is 0 Å². The molecule has 28 heavy (non-hydrogen) atoms. The van der Waals surface area contributed by atoms with E-state index in [2.05, 4.69) is 21.7 Å². The summed E-state index contributed by atoms with van der Waals surface area (Å²) in [6.45, 7) is 0.637. The number of nitrogens with zero attached hydrogens (tertiary/aromatic N) is 4. The Morgan fingerprint density at radius 1 is 0.750 bits per heavy atom. The lowest BCUT2D eigenvalue weighted by Crippen LogP contribution is -2.14. The van der Waals surface area contributed by atoms with Crippen LogP contribution in [0.2, 0.25) is 0 Å². The van der Waals surface area contributed by atoms with E-state index in [0.29, 0.717) is 18.2 Å². The molecular formula is C23H20N4O. The van der Waals surface area contributed by atoms with Crippen molar-refractivity contribution in [1.82, 2.24) is 19.1 Å². The van der Waals surface area contributed by atoms with Gasteiger partial charge in [-0.1, -0.05) is 54.6 Å². The zero-order chi connectivity index (χ0) is 19.1. The first-order valence-corrected chi connectivity index (χ1v) is 9.31. The lowest BCUT2D eigenvalue weighted by Gasteiger charge is -2.14. The molecule has 2 heterocycles. The quantitative estimate of drug-likeness (QED) is 0.521. The van der Waals surface area contributed by atoms with E-state index in [1.807, 2.05) is 78.3 Å². The molecule has 1 atom stereocenters. The Labute approximate surface area is 162 Å². The maximum absolute atomic E-state index is 11.3. The van der Waals surface area contributed by atoms with Gasteiger partial charge >= 0.3 is 0 Å². The number of aryl methyl sites for hydroxylation is 1. The predicted molar refractivity (Wildman–Crippen MR) is 110 cm³/mol. The molecule has 5 heteroatoms. The van der Waals surface area contributed by atoms with Gasteiger partial charge in [-0.15, -0.1) is 0 Å². The summed E-state index contributed by atoms with van der Waals surface area (Å²) in [5, 5.41) is 11.3. The summed E-state index contributed by atoms with van der Waals surface area (Å²) < 4.78 is 4.01. The van der Waals surface area contributed by atoms with Crippen molar-refractivity contribution in [2.45, 2.75) is 12.6 Å². The van der Waals surface area contributed by atoms with Crippen LogP contribution in [0.4, 0.5) is 0 Å². The summed E-state index contributed by atoms with van der Waals surface area (Å²) in [4.78, 5) is 9.42. The summed E-state index contributed by atoms with van der Waals surface area (Å²) in [5.41, 5.74) is 4.88. The van der Waals surface area contributed by atoms with Gasteiger partial charge in [0.05, 0.1) is 22.1 Å². The highest BCUT2D eigenvalue weighted by molar-refractivity contribution is 5.77. The van der Waals surface area contributed by atoms with Crippen molar-refractivity contribution >= 4 is 22.1 Å². The Morgan fingerprint density at radius 3 is 2.04 bits per heavy atom. The van der Waals surface area contributed by atoms with Crippen molar-refractivity contribution in [2.24, 2.45) is 7.05 Å². The minimum absolute atomic E-state index is 0.589. The lowest BCUT2D eigenvalue weighted by atomic mass is 10.2. The van der Waals surface area contributed by atoms with Crippen LogP contribution >= 0.6 is 0 Å². The molecular weight excluding hydrogens is 348 g/mol. The highest BCUT2D eigenvalue weighted by Crippen LogP contribution is 2.28. The number of aliphatic hydroxyl groups excluding tert-OH is 1. The molecule has 0 amide bonds. The molecule has 0 saturated heterocycles. The largest absolute Gasteiger partial charge is 0.377 e. The summed E-state index contributed by atoms with van der Waals surface area (Å²) in [6, 6.07) is 26.1. The van der Waals surface area contributed by atoms with Crippen molar-refractivity contribution < 1.29 is 5.11 Å². The maximum atomic E-state index is 11.3. The second-order valence-corrected chi connectivity index (χ2v) is 6.95. The zero-order valence-electron chi connectivity index (χ0n) is 15.5. The van der Waals surface area contributed by atoms with Gasteiger partial charge in [-0.2, -0.15) is 0 Å². The Bertz CT molecular complexity index is 1270. The fourth-order valence-electron chi connectivity index (χ4n) is 3.76. The first kappa shape index (κ1) is 16.7. The van der Waals surface area contributed by atoms with Gasteiger partial charge in [0, 0.05) is 13.6 Å². The molecule has 0 radical (unpaired) electrons. The van der Waals surface area contributed by atoms with Crippen molar-refractivity contribution in [2.75, 3.05) is 0 Å². The standard InChI is InChI=1S/C23H20N4O/c1-26-19-13-7-5-11-17(19)24-22(26)21(28)23-25-18-12-6-8-14-20(18)27(23)15-16-9-3-2-4-10-16/h2-14,21,28H,15H2,1H3/t21-/m0/s1. The van der Waals surface area contributed by atoms with Crippen LogP contribution in [0.15, 0.2) is 78.9 Å². The summed E-state index contributed by atoms with van der Waals surface area (Å²) in [7, 11) is 1.93. The predicted octanol–water partition coefficient (Wildman–Crippen LogP) is 4.05. The molecule has 0 spiro atoms. The Hall–Kier alpha value is -3.44. The molecule has 0 bridgehead atoms. The number of hydrogen-bond donors (Lipinski definition) is 1. The lowest BCUT2D eigenvalue weighted by molar-refractivity contribution is 0.193. The van der Waals surface area contributed by atoms with Crippen LogP contribution in [0.25, 0.3) is 22.1 Å². The van der Waals surface area contributed by atoms with E-state index >= 15 is 0 Å². The molecule has 0 unspecified atom stereocenters. The third-order valence-corrected chi connectivity index (χ3v) is 5.18. The average molecular weight is 368 g/mol. The summed E-state index contributed by atoms with van der Waals surface area (Å²) in [5.74, 6) is 1.19. The zero-order valence-corrected chi connectivity index (χ0v) is 15.5. The number of rotatable bonds is 4. The SMILES string of the molecule is Cn1c([C@H](O)c2nc3ccccc3n2Cc2ccccc2)nc2ccccc21. The van der Waals surface area contributed by atoms with Crippen LogP contribution in [0.1, 0.15) is 23.3 Å². The smallest absolute Gasteiger partial charge is 0.169 e. The van der Waals surface area contributed by atoms with Crippen LogP contribution in [0.5, 0.6) is 0 Å². The van der Waals surface area contributed by atoms with Crippen LogP contribution in [-0.2, 0) is 13.6 Å². The summed E-state index contributed by atoms with van der Waals surface area (Å²) in [6.07, 6.45) is -0.923. The number of fused-ring (bicyclic) bond motifs is 2. The van der Waals surface area contributed by atoms with Gasteiger partial charge in [0.15, 0.2) is 6.10 Å². The Morgan fingerprint density at radius 2 is 1.32 bits per heavy atom. The third-order valence-electron chi connectivity index (χ3n) is 5.18. The number of aromatic nitrogens is 4. The molecule has 1 N–H and O–H groups in total. The number of aliphatic hydroxyl groups is 1. The fraction of sp³-hybridized carbons (Fsp3) is 0.130. The minimum Gasteiger partial charge on any atom is -0.377 e. The minimum atomic E-state index is -0.923.